The lowest BCUT2D eigenvalue weighted by Crippen LogP contribution is -2.32. The molecule has 2 heterocycles. The number of anilines is 1. The van der Waals surface area contributed by atoms with Gasteiger partial charge in [-0.05, 0) is 37.0 Å². The number of nitriles is 2. The number of hydrogen-bond donors (Lipinski definition) is 0. The van der Waals surface area contributed by atoms with E-state index in [0.29, 0.717) is 35.4 Å². The van der Waals surface area contributed by atoms with Gasteiger partial charge in [-0.1, -0.05) is 6.07 Å². The normalized spacial score (nSPS) is 13.8. The number of hydrogen-bond acceptors (Lipinski definition) is 8. The molecule has 0 spiro atoms. The Morgan fingerprint density at radius 2 is 2.03 bits per heavy atom. The monoisotopic (exact) mass is 439 g/mol. The van der Waals surface area contributed by atoms with Crippen LogP contribution in [0.3, 0.4) is 0 Å². The first kappa shape index (κ1) is 22.2. The zero-order chi connectivity index (χ0) is 22.4. The van der Waals surface area contributed by atoms with E-state index in [1.165, 1.54) is 10.6 Å². The van der Waals surface area contributed by atoms with E-state index >= 15 is 0 Å². The zero-order valence-electron chi connectivity index (χ0n) is 17.0. The summed E-state index contributed by atoms with van der Waals surface area (Å²) in [5, 5.41) is 30.2. The Balaban J connectivity index is 2.12. The van der Waals surface area contributed by atoms with Gasteiger partial charge in [-0.3, -0.25) is 19.5 Å². The SMILES string of the molecule is COCCCn1c(=C(C#N)C#N)s/c(=C/c2ccc(N3CCCC3)c([N+](=O)[O-])c2)c1=O. The van der Waals surface area contributed by atoms with Gasteiger partial charge in [0.1, 0.15) is 22.5 Å². The molecule has 2 aromatic rings. The molecular formula is C21H21N5O4S. The Bertz CT molecular complexity index is 1230. The highest BCUT2D eigenvalue weighted by Gasteiger charge is 2.22. The fourth-order valence-corrected chi connectivity index (χ4v) is 4.63. The van der Waals surface area contributed by atoms with Gasteiger partial charge in [0.2, 0.25) is 0 Å². The molecule has 31 heavy (non-hydrogen) atoms. The first-order chi connectivity index (χ1) is 15.0. The molecule has 0 saturated carbocycles. The number of methoxy groups -OCH3 is 1. The molecule has 1 fully saturated rings. The van der Waals surface area contributed by atoms with Gasteiger partial charge in [0.25, 0.3) is 11.2 Å². The van der Waals surface area contributed by atoms with Gasteiger partial charge in [0.05, 0.1) is 9.46 Å². The molecule has 1 saturated heterocycles. The highest BCUT2D eigenvalue weighted by Crippen LogP contribution is 2.31. The van der Waals surface area contributed by atoms with Gasteiger partial charge < -0.3 is 9.64 Å². The summed E-state index contributed by atoms with van der Waals surface area (Å²) in [4.78, 5) is 26.2. The van der Waals surface area contributed by atoms with Gasteiger partial charge in [-0.2, -0.15) is 10.5 Å². The van der Waals surface area contributed by atoms with Crippen molar-refractivity contribution in [1.82, 2.24) is 4.57 Å². The molecule has 0 radical (unpaired) electrons. The highest BCUT2D eigenvalue weighted by molar-refractivity contribution is 7.07. The molecule has 9 nitrogen and oxygen atoms in total. The van der Waals surface area contributed by atoms with Crippen molar-refractivity contribution in [2.24, 2.45) is 0 Å². The summed E-state index contributed by atoms with van der Waals surface area (Å²) < 4.78 is 7.00. The highest BCUT2D eigenvalue weighted by atomic mass is 32.1. The minimum Gasteiger partial charge on any atom is -0.385 e. The van der Waals surface area contributed by atoms with Crippen molar-refractivity contribution in [3.63, 3.8) is 0 Å². The first-order valence-electron chi connectivity index (χ1n) is 9.78. The Morgan fingerprint density at radius 3 is 2.65 bits per heavy atom. The number of benzene rings is 1. The fourth-order valence-electron chi connectivity index (χ4n) is 3.55. The number of nitro benzene ring substituents is 1. The molecule has 10 heteroatoms. The molecule has 3 rings (SSSR count). The number of ether oxygens (including phenoxy) is 1. The largest absolute Gasteiger partial charge is 0.385 e. The van der Waals surface area contributed by atoms with E-state index < -0.39 is 4.92 Å². The van der Waals surface area contributed by atoms with Crippen molar-refractivity contribution in [3.05, 3.63) is 53.4 Å². The maximum atomic E-state index is 12.9. The van der Waals surface area contributed by atoms with E-state index in [0.717, 1.165) is 37.3 Å². The van der Waals surface area contributed by atoms with Crippen LogP contribution in [0.2, 0.25) is 0 Å². The van der Waals surface area contributed by atoms with Crippen LogP contribution in [0.1, 0.15) is 24.8 Å². The number of nitro groups is 1. The van der Waals surface area contributed by atoms with Crippen LogP contribution in [0, 0.1) is 32.8 Å². The molecule has 0 unspecified atom stereocenters. The Hall–Kier alpha value is -3.47. The van der Waals surface area contributed by atoms with Crippen molar-refractivity contribution >= 4 is 34.4 Å². The summed E-state index contributed by atoms with van der Waals surface area (Å²) in [6.45, 7) is 2.29. The van der Waals surface area contributed by atoms with Crippen molar-refractivity contribution in [3.8, 4) is 12.1 Å². The molecule has 1 aromatic carbocycles. The van der Waals surface area contributed by atoms with Crippen LogP contribution in [0.4, 0.5) is 11.4 Å². The molecule has 0 N–H and O–H groups in total. The topological polar surface area (TPSA) is 125 Å². The number of thiazole rings is 1. The minimum atomic E-state index is -0.412. The second-order valence-corrected chi connectivity index (χ2v) is 8.05. The van der Waals surface area contributed by atoms with Crippen LogP contribution in [0.5, 0.6) is 0 Å². The molecule has 0 atom stereocenters. The predicted octanol–water partition coefficient (Wildman–Crippen LogP) is 1.48. The average molecular weight is 439 g/mol. The summed E-state index contributed by atoms with van der Waals surface area (Å²) in [5.74, 6) is 0. The Morgan fingerprint density at radius 1 is 1.32 bits per heavy atom. The molecule has 160 valence electrons. The van der Waals surface area contributed by atoms with E-state index in [1.54, 1.807) is 25.3 Å². The smallest absolute Gasteiger partial charge is 0.293 e. The molecule has 0 aliphatic carbocycles. The van der Waals surface area contributed by atoms with Crippen LogP contribution in [-0.4, -0.2) is 36.3 Å². The van der Waals surface area contributed by atoms with Crippen LogP contribution in [-0.2, 0) is 11.3 Å². The Labute approximate surface area is 182 Å². The second-order valence-electron chi connectivity index (χ2n) is 7.02. The quantitative estimate of drug-likeness (QED) is 0.363. The number of rotatable bonds is 7. The van der Waals surface area contributed by atoms with Crippen LogP contribution >= 0.6 is 11.3 Å². The average Bonchev–Trinajstić information content (AvgIpc) is 3.39. The molecule has 0 amide bonds. The van der Waals surface area contributed by atoms with Gasteiger partial charge in [0, 0.05) is 39.4 Å². The third kappa shape index (κ3) is 4.82. The molecule has 0 bridgehead atoms. The van der Waals surface area contributed by atoms with Crippen LogP contribution in [0.15, 0.2) is 23.0 Å². The molecular weight excluding hydrogens is 418 g/mol. The lowest BCUT2D eigenvalue weighted by molar-refractivity contribution is -0.384. The fraction of sp³-hybridized carbons (Fsp3) is 0.381. The van der Waals surface area contributed by atoms with E-state index in [4.69, 9.17) is 4.74 Å². The van der Waals surface area contributed by atoms with E-state index in [-0.39, 0.29) is 21.5 Å². The molecule has 1 aliphatic rings. The Kier molecular flexibility index (Phi) is 7.19. The van der Waals surface area contributed by atoms with E-state index in [2.05, 4.69) is 0 Å². The summed E-state index contributed by atoms with van der Waals surface area (Å²) >= 11 is 1.03. The molecule has 1 aromatic heterocycles. The lowest BCUT2D eigenvalue weighted by atomic mass is 10.1. The van der Waals surface area contributed by atoms with Crippen molar-refractivity contribution in [2.75, 3.05) is 31.7 Å². The van der Waals surface area contributed by atoms with Gasteiger partial charge in [-0.15, -0.1) is 11.3 Å². The number of nitrogens with zero attached hydrogens (tertiary/aromatic N) is 5. The third-order valence-corrected chi connectivity index (χ3v) is 6.15. The third-order valence-electron chi connectivity index (χ3n) is 5.02. The van der Waals surface area contributed by atoms with Gasteiger partial charge in [-0.25, -0.2) is 0 Å². The van der Waals surface area contributed by atoms with Gasteiger partial charge >= 0.3 is 0 Å². The summed E-state index contributed by atoms with van der Waals surface area (Å²) in [5.41, 5.74) is 0.598. The second kappa shape index (κ2) is 10.0. The van der Waals surface area contributed by atoms with Crippen LogP contribution in [0.25, 0.3) is 11.6 Å². The predicted molar refractivity (Wildman–Crippen MR) is 117 cm³/mol. The number of aromatic nitrogens is 1. The molecule has 1 aliphatic heterocycles. The summed E-state index contributed by atoms with van der Waals surface area (Å²) in [7, 11) is 1.55. The first-order valence-corrected chi connectivity index (χ1v) is 10.6. The maximum absolute atomic E-state index is 12.9. The summed E-state index contributed by atoms with van der Waals surface area (Å²) in [6, 6.07) is 8.58. The van der Waals surface area contributed by atoms with Crippen LogP contribution < -0.4 is 19.7 Å². The van der Waals surface area contributed by atoms with E-state index in [1.807, 2.05) is 17.0 Å². The van der Waals surface area contributed by atoms with E-state index in [9.17, 15) is 25.4 Å². The maximum Gasteiger partial charge on any atom is 0.293 e. The minimum absolute atomic E-state index is 0.00542. The zero-order valence-corrected chi connectivity index (χ0v) is 17.9. The van der Waals surface area contributed by atoms with Gasteiger partial charge in [0.15, 0.2) is 5.57 Å². The van der Waals surface area contributed by atoms with Crippen molar-refractivity contribution in [2.45, 2.75) is 25.8 Å². The van der Waals surface area contributed by atoms with Crippen molar-refractivity contribution in [1.29, 1.82) is 10.5 Å². The summed E-state index contributed by atoms with van der Waals surface area (Å²) in [6.07, 6.45) is 4.11. The lowest BCUT2D eigenvalue weighted by Gasteiger charge is -2.17. The van der Waals surface area contributed by atoms with Crippen molar-refractivity contribution < 1.29 is 9.66 Å². The standard InChI is InChI=1S/C21H21N5O4S/c1-30-10-4-9-25-20(27)19(31-21(25)16(13-22)14-23)12-15-5-6-17(18(11-15)26(28)29)24-7-2-3-8-24/h5-6,11-12H,2-4,7-10H2,1H3/b19-12+.